The van der Waals surface area contributed by atoms with Gasteiger partial charge in [0.15, 0.2) is 0 Å². The first-order valence-corrected chi connectivity index (χ1v) is 8.75. The monoisotopic (exact) mass is 442 g/mol. The number of hydrogen-bond acceptors (Lipinski definition) is 4. The number of ether oxygens (including phenoxy) is 2. The van der Waals surface area contributed by atoms with Crippen molar-refractivity contribution < 1.29 is 35.8 Å². The third-order valence-electron chi connectivity index (χ3n) is 4.32. The number of benzene rings is 3. The van der Waals surface area contributed by atoms with Gasteiger partial charge in [-0.2, -0.15) is 26.3 Å². The SMILES string of the molecule is Cc1c(Oc2ccc(N)c(C(F)(F)F)c2)cccc1Oc1ccc(N)cc1C(F)(F)F. The Labute approximate surface area is 173 Å². The van der Waals surface area contributed by atoms with Gasteiger partial charge in [-0.3, -0.25) is 0 Å². The second kappa shape index (κ2) is 7.93. The van der Waals surface area contributed by atoms with Crippen LogP contribution in [0, 0.1) is 6.92 Å². The number of alkyl halides is 6. The maximum atomic E-state index is 13.3. The van der Waals surface area contributed by atoms with E-state index in [1.165, 1.54) is 37.3 Å². The summed E-state index contributed by atoms with van der Waals surface area (Å²) in [6, 6.07) is 10.4. The second-order valence-corrected chi connectivity index (χ2v) is 6.58. The molecule has 0 aliphatic heterocycles. The molecule has 0 aliphatic carbocycles. The fourth-order valence-corrected chi connectivity index (χ4v) is 2.76. The van der Waals surface area contributed by atoms with Crippen LogP contribution < -0.4 is 20.9 Å². The summed E-state index contributed by atoms with van der Waals surface area (Å²) in [5.74, 6) is -0.502. The fraction of sp³-hybridized carbons (Fsp3) is 0.143. The Hall–Kier alpha value is -3.56. The van der Waals surface area contributed by atoms with Crippen molar-refractivity contribution in [3.8, 4) is 23.0 Å². The molecule has 4 N–H and O–H groups in total. The predicted octanol–water partition coefficient (Wildman–Crippen LogP) is 6.78. The van der Waals surface area contributed by atoms with Crippen LogP contribution >= 0.6 is 0 Å². The van der Waals surface area contributed by atoms with Crippen molar-refractivity contribution in [2.75, 3.05) is 11.5 Å². The van der Waals surface area contributed by atoms with Crippen LogP contribution in [0.4, 0.5) is 37.7 Å². The van der Waals surface area contributed by atoms with E-state index in [1.807, 2.05) is 0 Å². The average Bonchev–Trinajstić information content (AvgIpc) is 2.66. The Morgan fingerprint density at radius 1 is 0.677 bits per heavy atom. The van der Waals surface area contributed by atoms with Crippen molar-refractivity contribution in [2.24, 2.45) is 0 Å². The molecule has 0 saturated carbocycles. The topological polar surface area (TPSA) is 70.5 Å². The smallest absolute Gasteiger partial charge is 0.420 e. The highest BCUT2D eigenvalue weighted by atomic mass is 19.4. The van der Waals surface area contributed by atoms with Gasteiger partial charge in [0.1, 0.15) is 28.6 Å². The molecule has 0 unspecified atom stereocenters. The van der Waals surface area contributed by atoms with Crippen molar-refractivity contribution in [1.29, 1.82) is 0 Å². The molecular formula is C21H16F6N2O2. The molecule has 0 saturated heterocycles. The molecule has 3 aromatic carbocycles. The molecule has 0 radical (unpaired) electrons. The molecule has 0 aliphatic rings. The molecule has 0 fully saturated rings. The Kier molecular flexibility index (Phi) is 5.66. The van der Waals surface area contributed by atoms with Gasteiger partial charge >= 0.3 is 12.4 Å². The number of nitrogen functional groups attached to an aromatic ring is 2. The van der Waals surface area contributed by atoms with Gasteiger partial charge in [0.05, 0.1) is 5.56 Å². The number of hydrogen-bond donors (Lipinski definition) is 2. The highest BCUT2D eigenvalue weighted by molar-refractivity contribution is 5.55. The molecule has 0 aromatic heterocycles. The standard InChI is InChI=1S/C21H16F6N2O2/c1-11-17(30-13-6-7-16(29)14(10-13)20(22,23)24)3-2-4-18(11)31-19-8-5-12(28)9-15(19)21(25,26)27/h2-10H,28-29H2,1H3. The first-order chi connectivity index (χ1) is 14.4. The minimum Gasteiger partial charge on any atom is -0.457 e. The number of halogens is 6. The summed E-state index contributed by atoms with van der Waals surface area (Å²) >= 11 is 0. The Morgan fingerprint density at radius 3 is 1.90 bits per heavy atom. The van der Waals surface area contributed by atoms with E-state index in [-0.39, 0.29) is 28.5 Å². The van der Waals surface area contributed by atoms with Crippen LogP contribution in [0.5, 0.6) is 23.0 Å². The summed E-state index contributed by atoms with van der Waals surface area (Å²) in [6.07, 6.45) is -9.38. The van der Waals surface area contributed by atoms with Gasteiger partial charge in [0.25, 0.3) is 0 Å². The molecule has 4 nitrogen and oxygen atoms in total. The lowest BCUT2D eigenvalue weighted by atomic mass is 10.1. The molecule has 0 atom stereocenters. The zero-order chi connectivity index (χ0) is 23.0. The first kappa shape index (κ1) is 22.1. The molecule has 0 amide bonds. The van der Waals surface area contributed by atoms with E-state index in [4.69, 9.17) is 20.9 Å². The van der Waals surface area contributed by atoms with Gasteiger partial charge in [-0.05, 0) is 55.5 Å². The van der Waals surface area contributed by atoms with Gasteiger partial charge in [-0.25, -0.2) is 0 Å². The first-order valence-electron chi connectivity index (χ1n) is 8.75. The van der Waals surface area contributed by atoms with Crippen LogP contribution in [0.3, 0.4) is 0 Å². The van der Waals surface area contributed by atoms with Gasteiger partial charge in [-0.15, -0.1) is 0 Å². The van der Waals surface area contributed by atoms with Gasteiger partial charge in [0.2, 0.25) is 0 Å². The van der Waals surface area contributed by atoms with E-state index in [0.29, 0.717) is 0 Å². The van der Waals surface area contributed by atoms with Gasteiger partial charge in [-0.1, -0.05) is 6.07 Å². The van der Waals surface area contributed by atoms with Crippen LogP contribution in [0.25, 0.3) is 0 Å². The van der Waals surface area contributed by atoms with Crippen LogP contribution in [0.15, 0.2) is 54.6 Å². The summed E-state index contributed by atoms with van der Waals surface area (Å²) in [6.45, 7) is 1.50. The highest BCUT2D eigenvalue weighted by Gasteiger charge is 2.35. The van der Waals surface area contributed by atoms with E-state index in [9.17, 15) is 26.3 Å². The summed E-state index contributed by atoms with van der Waals surface area (Å²) in [7, 11) is 0. The summed E-state index contributed by atoms with van der Waals surface area (Å²) < 4.78 is 90.0. The quantitative estimate of drug-likeness (QED) is 0.345. The predicted molar refractivity (Wildman–Crippen MR) is 103 cm³/mol. The molecule has 3 aromatic rings. The van der Waals surface area contributed by atoms with Gasteiger partial charge < -0.3 is 20.9 Å². The van der Waals surface area contributed by atoms with E-state index < -0.39 is 34.9 Å². The van der Waals surface area contributed by atoms with Crippen molar-refractivity contribution in [1.82, 2.24) is 0 Å². The molecular weight excluding hydrogens is 426 g/mol. The molecule has 31 heavy (non-hydrogen) atoms. The van der Waals surface area contributed by atoms with Crippen molar-refractivity contribution in [3.63, 3.8) is 0 Å². The van der Waals surface area contributed by atoms with E-state index in [2.05, 4.69) is 0 Å². The largest absolute Gasteiger partial charge is 0.457 e. The zero-order valence-electron chi connectivity index (χ0n) is 15.9. The Bertz CT molecular complexity index is 1110. The summed E-state index contributed by atoms with van der Waals surface area (Å²) in [5, 5.41) is 0. The van der Waals surface area contributed by atoms with E-state index in [0.717, 1.165) is 24.3 Å². The Morgan fingerprint density at radius 2 is 1.29 bits per heavy atom. The van der Waals surface area contributed by atoms with Gasteiger partial charge in [0, 0.05) is 16.9 Å². The average molecular weight is 442 g/mol. The third-order valence-corrected chi connectivity index (χ3v) is 4.32. The molecule has 0 heterocycles. The molecule has 10 heteroatoms. The highest BCUT2D eigenvalue weighted by Crippen LogP contribution is 2.42. The molecule has 0 bridgehead atoms. The lowest BCUT2D eigenvalue weighted by molar-refractivity contribution is -0.138. The normalized spacial score (nSPS) is 12.0. The second-order valence-electron chi connectivity index (χ2n) is 6.58. The number of nitrogens with two attached hydrogens (primary N) is 2. The lowest BCUT2D eigenvalue weighted by Crippen LogP contribution is -2.09. The number of rotatable bonds is 4. The van der Waals surface area contributed by atoms with Crippen molar-refractivity contribution in [3.05, 3.63) is 71.3 Å². The minimum absolute atomic E-state index is 0.0271. The van der Waals surface area contributed by atoms with Crippen LogP contribution in [0.1, 0.15) is 16.7 Å². The maximum Gasteiger partial charge on any atom is 0.420 e. The summed E-state index contributed by atoms with van der Waals surface area (Å²) in [5.41, 5.74) is 8.42. The minimum atomic E-state index is -4.70. The summed E-state index contributed by atoms with van der Waals surface area (Å²) in [4.78, 5) is 0. The van der Waals surface area contributed by atoms with Crippen LogP contribution in [-0.2, 0) is 12.4 Å². The fourth-order valence-electron chi connectivity index (χ4n) is 2.76. The third kappa shape index (κ3) is 4.96. The van der Waals surface area contributed by atoms with Crippen molar-refractivity contribution >= 4 is 11.4 Å². The molecule has 0 spiro atoms. The Balaban J connectivity index is 1.94. The van der Waals surface area contributed by atoms with Crippen LogP contribution in [-0.4, -0.2) is 0 Å². The molecule has 3 rings (SSSR count). The lowest BCUT2D eigenvalue weighted by Gasteiger charge is -2.17. The van der Waals surface area contributed by atoms with Crippen LogP contribution in [0.2, 0.25) is 0 Å². The number of anilines is 2. The molecule has 164 valence electrons. The maximum absolute atomic E-state index is 13.3. The zero-order valence-corrected chi connectivity index (χ0v) is 15.9. The van der Waals surface area contributed by atoms with Crippen molar-refractivity contribution in [2.45, 2.75) is 19.3 Å². The van der Waals surface area contributed by atoms with E-state index >= 15 is 0 Å². The van der Waals surface area contributed by atoms with E-state index in [1.54, 1.807) is 0 Å².